The van der Waals surface area contributed by atoms with E-state index >= 15 is 0 Å². The highest BCUT2D eigenvalue weighted by atomic mass is 16.5. The first-order valence-electron chi connectivity index (χ1n) is 4.26. The Kier molecular flexibility index (Phi) is 3.38. The maximum Gasteiger partial charge on any atom is 0.123 e. The van der Waals surface area contributed by atoms with E-state index in [0.717, 1.165) is 12.0 Å². The summed E-state index contributed by atoms with van der Waals surface area (Å²) in [5.41, 5.74) is 0.994. The molecule has 13 heavy (non-hydrogen) atoms. The summed E-state index contributed by atoms with van der Waals surface area (Å²) in [6.45, 7) is 6.12. The van der Waals surface area contributed by atoms with E-state index in [-0.39, 0.29) is 5.75 Å². The highest BCUT2D eigenvalue weighted by molar-refractivity contribution is 5.36. The van der Waals surface area contributed by atoms with Crippen LogP contribution in [0.2, 0.25) is 0 Å². The molecule has 1 N–H and O–H groups in total. The Morgan fingerprint density at radius 2 is 2.23 bits per heavy atom. The number of phenolic OH excluding ortho intramolecular Hbond substituents is 1. The van der Waals surface area contributed by atoms with Crippen LogP contribution >= 0.6 is 0 Å². The molecule has 0 aromatic heterocycles. The standard InChI is InChI=1S/C11H14O2/c1-3-4-5-13-11-7-9(2)6-10(12)8-11/h3,6-8,12H,1,4-5H2,2H3. The number of ether oxygens (including phenoxy) is 1. The number of hydrogen-bond donors (Lipinski definition) is 1. The maximum atomic E-state index is 9.25. The fourth-order valence-electron chi connectivity index (χ4n) is 1.07. The molecular weight excluding hydrogens is 164 g/mol. The van der Waals surface area contributed by atoms with Crippen molar-refractivity contribution in [2.75, 3.05) is 6.61 Å². The molecule has 0 spiro atoms. The Morgan fingerprint density at radius 3 is 2.85 bits per heavy atom. The fraction of sp³-hybridized carbons (Fsp3) is 0.273. The monoisotopic (exact) mass is 178 g/mol. The quantitative estimate of drug-likeness (QED) is 0.567. The summed E-state index contributed by atoms with van der Waals surface area (Å²) in [5, 5.41) is 9.25. The Balaban J connectivity index is 2.60. The van der Waals surface area contributed by atoms with E-state index in [2.05, 4.69) is 6.58 Å². The third-order valence-corrected chi connectivity index (χ3v) is 1.63. The number of rotatable bonds is 4. The van der Waals surface area contributed by atoms with Gasteiger partial charge in [0, 0.05) is 6.07 Å². The van der Waals surface area contributed by atoms with E-state index in [1.165, 1.54) is 0 Å². The first-order chi connectivity index (χ1) is 6.22. The first-order valence-corrected chi connectivity index (χ1v) is 4.26. The molecule has 70 valence electrons. The van der Waals surface area contributed by atoms with Gasteiger partial charge in [-0.3, -0.25) is 0 Å². The molecule has 0 aliphatic rings. The summed E-state index contributed by atoms with van der Waals surface area (Å²) >= 11 is 0. The largest absolute Gasteiger partial charge is 0.508 e. The highest BCUT2D eigenvalue weighted by Crippen LogP contribution is 2.21. The predicted molar refractivity (Wildman–Crippen MR) is 53.2 cm³/mol. The van der Waals surface area contributed by atoms with Crippen molar-refractivity contribution in [1.29, 1.82) is 0 Å². The molecule has 0 bridgehead atoms. The van der Waals surface area contributed by atoms with Crippen molar-refractivity contribution < 1.29 is 9.84 Å². The van der Waals surface area contributed by atoms with Gasteiger partial charge in [0.05, 0.1) is 6.61 Å². The van der Waals surface area contributed by atoms with Gasteiger partial charge < -0.3 is 9.84 Å². The zero-order valence-corrected chi connectivity index (χ0v) is 7.79. The number of aromatic hydroxyl groups is 1. The number of phenols is 1. The average Bonchev–Trinajstić information content (AvgIpc) is 2.03. The zero-order valence-electron chi connectivity index (χ0n) is 7.79. The van der Waals surface area contributed by atoms with Crippen LogP contribution in [0.1, 0.15) is 12.0 Å². The van der Waals surface area contributed by atoms with Gasteiger partial charge >= 0.3 is 0 Å². The van der Waals surface area contributed by atoms with Crippen molar-refractivity contribution in [2.24, 2.45) is 0 Å². The molecule has 0 unspecified atom stereocenters. The van der Waals surface area contributed by atoms with E-state index in [1.807, 2.05) is 13.0 Å². The van der Waals surface area contributed by atoms with Crippen molar-refractivity contribution in [3.05, 3.63) is 36.4 Å². The Labute approximate surface area is 78.5 Å². The molecule has 1 rings (SSSR count). The minimum absolute atomic E-state index is 0.244. The molecule has 0 saturated heterocycles. The molecule has 0 aliphatic heterocycles. The first kappa shape index (κ1) is 9.65. The summed E-state index contributed by atoms with van der Waals surface area (Å²) in [6.07, 6.45) is 2.62. The Bertz CT molecular complexity index is 272. The van der Waals surface area contributed by atoms with Crippen molar-refractivity contribution in [3.8, 4) is 11.5 Å². The van der Waals surface area contributed by atoms with Gasteiger partial charge in [0.25, 0.3) is 0 Å². The van der Waals surface area contributed by atoms with Crippen LogP contribution in [0.15, 0.2) is 30.9 Å². The van der Waals surface area contributed by atoms with Crippen LogP contribution in [0, 0.1) is 6.92 Å². The molecule has 0 saturated carbocycles. The molecule has 0 aliphatic carbocycles. The summed E-state index contributed by atoms with van der Waals surface area (Å²) < 4.78 is 5.38. The molecule has 0 fully saturated rings. The molecule has 0 amide bonds. The van der Waals surface area contributed by atoms with Gasteiger partial charge in [-0.1, -0.05) is 6.08 Å². The Morgan fingerprint density at radius 1 is 1.46 bits per heavy atom. The van der Waals surface area contributed by atoms with E-state index in [4.69, 9.17) is 4.74 Å². The second-order valence-electron chi connectivity index (χ2n) is 2.93. The van der Waals surface area contributed by atoms with Crippen LogP contribution in [-0.4, -0.2) is 11.7 Å². The van der Waals surface area contributed by atoms with Gasteiger partial charge in [-0.05, 0) is 31.0 Å². The average molecular weight is 178 g/mol. The van der Waals surface area contributed by atoms with Gasteiger partial charge in [0.15, 0.2) is 0 Å². The van der Waals surface area contributed by atoms with Crippen LogP contribution in [0.3, 0.4) is 0 Å². The van der Waals surface area contributed by atoms with Crippen molar-refractivity contribution in [2.45, 2.75) is 13.3 Å². The molecule has 1 aromatic carbocycles. The number of hydrogen-bond acceptors (Lipinski definition) is 2. The fourth-order valence-corrected chi connectivity index (χ4v) is 1.07. The van der Waals surface area contributed by atoms with E-state index in [1.54, 1.807) is 18.2 Å². The van der Waals surface area contributed by atoms with Crippen molar-refractivity contribution in [1.82, 2.24) is 0 Å². The minimum atomic E-state index is 0.244. The lowest BCUT2D eigenvalue weighted by Gasteiger charge is -2.05. The summed E-state index contributed by atoms with van der Waals surface area (Å²) in [7, 11) is 0. The molecule has 2 nitrogen and oxygen atoms in total. The second-order valence-corrected chi connectivity index (χ2v) is 2.93. The summed E-state index contributed by atoms with van der Waals surface area (Å²) in [5.74, 6) is 0.952. The van der Waals surface area contributed by atoms with Crippen LogP contribution in [0.5, 0.6) is 11.5 Å². The van der Waals surface area contributed by atoms with Crippen LogP contribution < -0.4 is 4.74 Å². The lowest BCUT2D eigenvalue weighted by Crippen LogP contribution is -1.95. The third kappa shape index (κ3) is 3.20. The van der Waals surface area contributed by atoms with Crippen molar-refractivity contribution >= 4 is 0 Å². The number of benzene rings is 1. The topological polar surface area (TPSA) is 29.5 Å². The molecule has 0 radical (unpaired) electrons. The minimum Gasteiger partial charge on any atom is -0.508 e. The Hall–Kier alpha value is -1.44. The summed E-state index contributed by atoms with van der Waals surface area (Å²) in [4.78, 5) is 0. The SMILES string of the molecule is C=CCCOc1cc(C)cc(O)c1. The molecule has 0 atom stereocenters. The predicted octanol–water partition coefficient (Wildman–Crippen LogP) is 2.66. The van der Waals surface area contributed by atoms with Crippen LogP contribution in [-0.2, 0) is 0 Å². The third-order valence-electron chi connectivity index (χ3n) is 1.63. The van der Waals surface area contributed by atoms with Crippen LogP contribution in [0.25, 0.3) is 0 Å². The molecule has 1 aromatic rings. The molecular formula is C11H14O2. The number of aryl methyl sites for hydroxylation is 1. The van der Waals surface area contributed by atoms with Gasteiger partial charge in [-0.2, -0.15) is 0 Å². The van der Waals surface area contributed by atoms with E-state index < -0.39 is 0 Å². The van der Waals surface area contributed by atoms with Gasteiger partial charge in [-0.15, -0.1) is 6.58 Å². The van der Waals surface area contributed by atoms with E-state index in [9.17, 15) is 5.11 Å². The zero-order chi connectivity index (χ0) is 9.68. The maximum absolute atomic E-state index is 9.25. The van der Waals surface area contributed by atoms with Gasteiger partial charge in [0.2, 0.25) is 0 Å². The van der Waals surface area contributed by atoms with Gasteiger partial charge in [0.1, 0.15) is 11.5 Å². The summed E-state index contributed by atoms with van der Waals surface area (Å²) in [6, 6.07) is 5.19. The van der Waals surface area contributed by atoms with Crippen LogP contribution in [0.4, 0.5) is 0 Å². The van der Waals surface area contributed by atoms with E-state index in [0.29, 0.717) is 12.4 Å². The second kappa shape index (κ2) is 4.55. The molecule has 2 heteroatoms. The smallest absolute Gasteiger partial charge is 0.123 e. The lowest BCUT2D eigenvalue weighted by atomic mass is 10.2. The normalized spacial score (nSPS) is 9.62. The lowest BCUT2D eigenvalue weighted by molar-refractivity contribution is 0.322. The van der Waals surface area contributed by atoms with Crippen molar-refractivity contribution in [3.63, 3.8) is 0 Å². The van der Waals surface area contributed by atoms with Gasteiger partial charge in [-0.25, -0.2) is 0 Å². The molecule has 0 heterocycles. The highest BCUT2D eigenvalue weighted by Gasteiger charge is 1.96.